The maximum atomic E-state index is 14.9. The zero-order valence-electron chi connectivity index (χ0n) is 45.8. The van der Waals surface area contributed by atoms with Gasteiger partial charge in [-0.15, -0.1) is 16.4 Å². The lowest BCUT2D eigenvalue weighted by molar-refractivity contribution is -0.275. The molecule has 1 unspecified atom stereocenters. The number of cyclic esters (lactones) is 1. The van der Waals surface area contributed by atoms with E-state index in [1.165, 1.54) is 6.92 Å². The number of aliphatic hydroxyl groups is 4. The van der Waals surface area contributed by atoms with Gasteiger partial charge in [0.05, 0.1) is 57.6 Å². The van der Waals surface area contributed by atoms with Crippen molar-refractivity contribution in [3.63, 3.8) is 0 Å². The van der Waals surface area contributed by atoms with Gasteiger partial charge in [0.15, 0.2) is 6.29 Å². The third-order valence-electron chi connectivity index (χ3n) is 16.7. The van der Waals surface area contributed by atoms with E-state index in [1.807, 2.05) is 84.0 Å². The summed E-state index contributed by atoms with van der Waals surface area (Å²) in [4.78, 5) is 24.1. The molecule has 73 heavy (non-hydrogen) atoms. The number of esters is 1. The van der Waals surface area contributed by atoms with Gasteiger partial charge >= 0.3 is 5.97 Å². The quantitative estimate of drug-likeness (QED) is 0.121. The van der Waals surface area contributed by atoms with Crippen LogP contribution in [0.5, 0.6) is 0 Å². The molecular formula is C54H87FN6O11S. The van der Waals surface area contributed by atoms with Gasteiger partial charge in [0.2, 0.25) is 0 Å². The Morgan fingerprint density at radius 2 is 1.70 bits per heavy atom. The summed E-state index contributed by atoms with van der Waals surface area (Å²) in [6.07, 6.45) is -0.990. The molecule has 3 aliphatic rings. The fourth-order valence-corrected chi connectivity index (χ4v) is 12.9. The summed E-state index contributed by atoms with van der Waals surface area (Å²) in [5, 5.41) is 56.7. The van der Waals surface area contributed by atoms with Gasteiger partial charge in [-0.2, -0.15) is 0 Å². The van der Waals surface area contributed by atoms with Crippen LogP contribution in [-0.4, -0.2) is 182 Å². The van der Waals surface area contributed by atoms with E-state index in [0.29, 0.717) is 38.0 Å². The van der Waals surface area contributed by atoms with E-state index in [4.69, 9.17) is 28.4 Å². The lowest BCUT2D eigenvalue weighted by atomic mass is 9.68. The molecule has 5 heterocycles. The first-order valence-corrected chi connectivity index (χ1v) is 27.2. The van der Waals surface area contributed by atoms with E-state index < -0.39 is 108 Å². The van der Waals surface area contributed by atoms with Crippen molar-refractivity contribution in [2.75, 3.05) is 48.1 Å². The van der Waals surface area contributed by atoms with Crippen molar-refractivity contribution in [1.29, 1.82) is 0 Å². The van der Waals surface area contributed by atoms with Gasteiger partial charge < -0.3 is 58.6 Å². The van der Waals surface area contributed by atoms with Gasteiger partial charge in [0, 0.05) is 77.0 Å². The second kappa shape index (κ2) is 25.0. The Labute approximate surface area is 437 Å². The van der Waals surface area contributed by atoms with E-state index in [-0.39, 0.29) is 37.3 Å². The summed E-state index contributed by atoms with van der Waals surface area (Å²) in [5.41, 5.74) is 0.0313. The van der Waals surface area contributed by atoms with E-state index in [2.05, 4.69) is 27.2 Å². The molecule has 19 heteroatoms. The molecular weight excluding hydrogens is 960 g/mol. The second-order valence-corrected chi connectivity index (χ2v) is 23.4. The molecule has 2 aromatic heterocycles. The number of carbonyl (C=O) groups is 1. The third kappa shape index (κ3) is 13.6. The lowest BCUT2D eigenvalue weighted by Gasteiger charge is -2.51. The number of nitrogens with zero attached hydrogens (tertiary/aromatic N) is 6. The Bertz CT molecular complexity index is 2170. The summed E-state index contributed by atoms with van der Waals surface area (Å²) in [5.74, 6) is -2.84. The maximum Gasteiger partial charge on any atom is 0.309 e. The van der Waals surface area contributed by atoms with Crippen LogP contribution in [0.1, 0.15) is 125 Å². The molecule has 3 aliphatic heterocycles. The minimum atomic E-state index is -1.80. The second-order valence-electron chi connectivity index (χ2n) is 22.5. The first kappa shape index (κ1) is 59.2. The smallest absolute Gasteiger partial charge is 0.309 e. The minimum absolute atomic E-state index is 0.00563. The van der Waals surface area contributed by atoms with Crippen LogP contribution in [0.2, 0.25) is 0 Å². The van der Waals surface area contributed by atoms with Crippen molar-refractivity contribution in [3.8, 4) is 10.4 Å². The largest absolute Gasteiger partial charge is 0.459 e. The van der Waals surface area contributed by atoms with Crippen LogP contribution in [0.15, 0.2) is 42.2 Å². The average molecular weight is 1050 g/mol. The van der Waals surface area contributed by atoms with Gasteiger partial charge in [-0.3, -0.25) is 9.78 Å². The molecule has 0 radical (unpaired) electrons. The molecule has 0 spiro atoms. The molecule has 6 rings (SSSR count). The summed E-state index contributed by atoms with van der Waals surface area (Å²) < 4.78 is 54.9. The SMILES string of the molecule is CC[C@H]1OC(=O)[C@H](C)[C@@H](C2C[C@@](C)(OC)[C@@H](O)[C@H](C)O2)[C@H](C)[C@@H](O[C@H]2C[C@@H](N(C)CCc3cn([C@H](CF)[C@H](OC)c4ccc(-c5cncs5)cc4)nn3)C[C@@H](C)O2)[C@](C)(O)C[C@@H](C)CN(C)[C@H](C)[C@@H](O)[C@]1(C)O. The number of halogens is 1. The predicted molar refractivity (Wildman–Crippen MR) is 276 cm³/mol. The number of thiazole rings is 1. The monoisotopic (exact) mass is 1050 g/mol. The highest BCUT2D eigenvalue weighted by Gasteiger charge is 2.54. The molecule has 3 saturated heterocycles. The van der Waals surface area contributed by atoms with Gasteiger partial charge in [0.25, 0.3) is 0 Å². The van der Waals surface area contributed by atoms with Crippen LogP contribution >= 0.6 is 11.3 Å². The molecule has 3 aromatic rings. The molecule has 0 bridgehead atoms. The fourth-order valence-electron chi connectivity index (χ4n) is 12.2. The van der Waals surface area contributed by atoms with Crippen molar-refractivity contribution in [2.24, 2.45) is 23.7 Å². The van der Waals surface area contributed by atoms with Crippen molar-refractivity contribution >= 4 is 17.3 Å². The molecule has 1 aromatic carbocycles. The Morgan fingerprint density at radius 3 is 2.32 bits per heavy atom. The maximum absolute atomic E-state index is 14.9. The van der Waals surface area contributed by atoms with Gasteiger partial charge in [0.1, 0.15) is 42.7 Å². The Balaban J connectivity index is 1.24. The minimum Gasteiger partial charge on any atom is -0.459 e. The van der Waals surface area contributed by atoms with E-state index in [9.17, 15) is 29.6 Å². The van der Waals surface area contributed by atoms with E-state index in [0.717, 1.165) is 16.0 Å². The average Bonchev–Trinajstić information content (AvgIpc) is 4.07. The van der Waals surface area contributed by atoms with E-state index >= 15 is 0 Å². The fraction of sp³-hybridized carbons (Fsp3) is 0.778. The van der Waals surface area contributed by atoms with Gasteiger partial charge in [-0.25, -0.2) is 9.07 Å². The third-order valence-corrected chi connectivity index (χ3v) is 17.5. The van der Waals surface area contributed by atoms with Crippen LogP contribution in [0.4, 0.5) is 4.39 Å². The molecule has 0 amide bonds. The first-order chi connectivity index (χ1) is 34.4. The normalized spacial score (nSPS) is 38.6. The van der Waals surface area contributed by atoms with Crippen molar-refractivity contribution in [1.82, 2.24) is 29.8 Å². The molecule has 17 nitrogen and oxygen atoms in total. The van der Waals surface area contributed by atoms with Crippen LogP contribution < -0.4 is 0 Å². The Kier molecular flexibility index (Phi) is 20.2. The van der Waals surface area contributed by atoms with Crippen LogP contribution in [0.3, 0.4) is 0 Å². The first-order valence-electron chi connectivity index (χ1n) is 26.3. The lowest BCUT2D eigenvalue weighted by Crippen LogP contribution is -2.61. The zero-order chi connectivity index (χ0) is 53.7. The summed E-state index contributed by atoms with van der Waals surface area (Å²) in [6.45, 7) is 18.7. The van der Waals surface area contributed by atoms with Gasteiger partial charge in [-0.1, -0.05) is 57.2 Å². The Hall–Kier alpha value is -3.05. The highest BCUT2D eigenvalue weighted by Crippen LogP contribution is 2.45. The number of hydrogen-bond acceptors (Lipinski definition) is 17. The predicted octanol–water partition coefficient (Wildman–Crippen LogP) is 6.43. The Morgan fingerprint density at radius 1 is 1.00 bits per heavy atom. The number of aromatic nitrogens is 4. The molecule has 19 atom stereocenters. The number of alkyl halides is 1. The number of benzene rings is 1. The zero-order valence-corrected chi connectivity index (χ0v) is 46.6. The van der Waals surface area contributed by atoms with Gasteiger partial charge in [-0.05, 0) is 97.9 Å². The number of rotatable bonds is 15. The van der Waals surface area contributed by atoms with Crippen molar-refractivity contribution in [2.45, 2.75) is 198 Å². The summed E-state index contributed by atoms with van der Waals surface area (Å²) in [6, 6.07) is 6.60. The number of hydrogen-bond donors (Lipinski definition) is 4. The molecule has 0 aliphatic carbocycles. The highest BCUT2D eigenvalue weighted by atomic mass is 32.1. The van der Waals surface area contributed by atoms with Crippen LogP contribution in [-0.2, 0) is 39.6 Å². The summed E-state index contributed by atoms with van der Waals surface area (Å²) >= 11 is 1.55. The number of likely N-dealkylation sites (N-methyl/N-ethyl adjacent to an activating group) is 2. The van der Waals surface area contributed by atoms with Crippen molar-refractivity contribution in [3.05, 3.63) is 53.4 Å². The van der Waals surface area contributed by atoms with Crippen LogP contribution in [0, 0.1) is 23.7 Å². The number of methoxy groups -OCH3 is 2. The summed E-state index contributed by atoms with van der Waals surface area (Å²) in [7, 11) is 7.05. The van der Waals surface area contributed by atoms with Crippen molar-refractivity contribution < 1.29 is 58.0 Å². The molecule has 412 valence electrons. The number of ether oxygens (including phenoxy) is 6. The molecule has 0 saturated carbocycles. The molecule has 4 N–H and O–H groups in total. The number of aliphatic hydroxyl groups excluding tert-OH is 2. The topological polar surface area (TPSA) is 203 Å². The van der Waals surface area contributed by atoms with Crippen LogP contribution in [0.25, 0.3) is 10.4 Å². The number of carbonyl (C=O) groups excluding carboxylic acids is 1. The molecule has 3 fully saturated rings. The van der Waals surface area contributed by atoms with E-state index in [1.54, 1.807) is 62.7 Å². The highest BCUT2D eigenvalue weighted by molar-refractivity contribution is 7.13. The standard InChI is InChI=1S/C54H87FN6O11S/c1-15-44-54(10,66)48(62)35(6)60(12)28-31(2)24-52(8,65)50(33(4)46(34(5)51(64)71-44)42-25-53(9,68-14)49(63)36(7)70-42)72-45-23-40(22-32(3)69-45)59(11)21-20-39-29-61(58-57-39)41(26-55)47(67-13)38-18-16-37(17-19-38)43-27-56-30-73-43/h16-19,27,29-36,40-42,44-50,62-63,65-66H,15,20-26,28H2,1-14H3/t31-,32-,33+,34-,35-,36+,40+,41-,42?,44-,45+,46+,47-,48-,49+,50-,52-,53-,54-/m1/s1.